The molecular formula is C11H11ClFN3O4. The number of urea groups is 1. The first kappa shape index (κ1) is 15.7. The number of aliphatic carboxylic acids is 1. The van der Waals surface area contributed by atoms with Crippen LogP contribution in [0, 0.1) is 5.82 Å². The van der Waals surface area contributed by atoms with E-state index in [-0.39, 0.29) is 10.7 Å². The molecule has 1 aromatic rings. The summed E-state index contributed by atoms with van der Waals surface area (Å²) in [5.74, 6) is -2.97. The van der Waals surface area contributed by atoms with Gasteiger partial charge in [-0.1, -0.05) is 11.6 Å². The second-order valence-corrected chi connectivity index (χ2v) is 4.25. The topological polar surface area (TPSA) is 122 Å². The van der Waals surface area contributed by atoms with Gasteiger partial charge in [0.25, 0.3) is 0 Å². The number of halogens is 2. The van der Waals surface area contributed by atoms with Gasteiger partial charge in [-0.3, -0.25) is 4.79 Å². The third kappa shape index (κ3) is 5.11. The highest BCUT2D eigenvalue weighted by Crippen LogP contribution is 2.17. The van der Waals surface area contributed by atoms with Crippen molar-refractivity contribution in [3.63, 3.8) is 0 Å². The Morgan fingerprint density at radius 1 is 1.35 bits per heavy atom. The molecule has 0 aliphatic carbocycles. The molecule has 0 saturated carbocycles. The average Bonchev–Trinajstić information content (AvgIpc) is 2.25. The molecule has 0 radical (unpaired) electrons. The maximum atomic E-state index is 13.0. The number of primary amides is 1. The number of rotatable bonds is 5. The molecule has 1 rings (SSSR count). The lowest BCUT2D eigenvalue weighted by Gasteiger charge is -2.13. The van der Waals surface area contributed by atoms with Crippen molar-refractivity contribution in [1.29, 1.82) is 0 Å². The Bertz CT molecular complexity index is 532. The summed E-state index contributed by atoms with van der Waals surface area (Å²) in [4.78, 5) is 33.0. The van der Waals surface area contributed by atoms with Crippen molar-refractivity contribution < 1.29 is 23.9 Å². The minimum absolute atomic E-state index is 0.0377. The summed E-state index contributed by atoms with van der Waals surface area (Å²) in [6.07, 6.45) is -0.563. The summed E-state index contributed by atoms with van der Waals surface area (Å²) in [6, 6.07) is 0.901. The number of hydrogen-bond donors (Lipinski definition) is 4. The SMILES string of the molecule is NC(=O)CC(NC(=O)Nc1cc(F)cc(Cl)c1)C(=O)O. The molecule has 0 saturated heterocycles. The minimum Gasteiger partial charge on any atom is -0.480 e. The van der Waals surface area contributed by atoms with Crippen LogP contribution >= 0.6 is 11.6 Å². The Labute approximate surface area is 117 Å². The molecule has 3 amide bonds. The molecule has 0 aliphatic heterocycles. The zero-order valence-electron chi connectivity index (χ0n) is 10.0. The van der Waals surface area contributed by atoms with E-state index in [2.05, 4.69) is 5.32 Å². The molecule has 0 spiro atoms. The Kier molecular flexibility index (Phi) is 5.27. The van der Waals surface area contributed by atoms with Crippen LogP contribution in [-0.2, 0) is 9.59 Å². The molecule has 0 fully saturated rings. The Hall–Kier alpha value is -2.35. The highest BCUT2D eigenvalue weighted by Gasteiger charge is 2.22. The van der Waals surface area contributed by atoms with Gasteiger partial charge in [0.1, 0.15) is 11.9 Å². The second kappa shape index (κ2) is 6.71. The van der Waals surface area contributed by atoms with E-state index >= 15 is 0 Å². The monoisotopic (exact) mass is 303 g/mol. The van der Waals surface area contributed by atoms with Crippen LogP contribution in [0.15, 0.2) is 18.2 Å². The van der Waals surface area contributed by atoms with Crippen molar-refractivity contribution in [2.75, 3.05) is 5.32 Å². The molecule has 0 aromatic heterocycles. The van der Waals surface area contributed by atoms with Crippen LogP contribution in [0.4, 0.5) is 14.9 Å². The second-order valence-electron chi connectivity index (χ2n) is 3.82. The minimum atomic E-state index is -1.48. The van der Waals surface area contributed by atoms with Crippen molar-refractivity contribution in [3.8, 4) is 0 Å². The summed E-state index contributed by atoms with van der Waals surface area (Å²) in [5.41, 5.74) is 4.90. The summed E-state index contributed by atoms with van der Waals surface area (Å²) < 4.78 is 13.0. The number of carbonyl (C=O) groups is 3. The smallest absolute Gasteiger partial charge is 0.326 e. The fraction of sp³-hybridized carbons (Fsp3) is 0.182. The van der Waals surface area contributed by atoms with Crippen LogP contribution in [-0.4, -0.2) is 29.1 Å². The van der Waals surface area contributed by atoms with Gasteiger partial charge < -0.3 is 21.5 Å². The number of carboxylic acids is 1. The molecule has 5 N–H and O–H groups in total. The lowest BCUT2D eigenvalue weighted by Crippen LogP contribution is -2.45. The van der Waals surface area contributed by atoms with Crippen molar-refractivity contribution in [3.05, 3.63) is 29.0 Å². The highest BCUT2D eigenvalue weighted by molar-refractivity contribution is 6.30. The fourth-order valence-electron chi connectivity index (χ4n) is 1.35. The summed E-state index contributed by atoms with van der Waals surface area (Å²) >= 11 is 5.59. The first-order valence-electron chi connectivity index (χ1n) is 5.32. The van der Waals surface area contributed by atoms with Crippen molar-refractivity contribution in [1.82, 2.24) is 5.32 Å². The maximum Gasteiger partial charge on any atom is 0.326 e. The van der Waals surface area contributed by atoms with E-state index < -0.39 is 36.2 Å². The fourth-order valence-corrected chi connectivity index (χ4v) is 1.57. The van der Waals surface area contributed by atoms with E-state index in [9.17, 15) is 18.8 Å². The zero-order chi connectivity index (χ0) is 15.3. The molecule has 20 heavy (non-hydrogen) atoms. The number of carbonyl (C=O) groups excluding carboxylic acids is 2. The Morgan fingerprint density at radius 2 is 2.00 bits per heavy atom. The third-order valence-corrected chi connectivity index (χ3v) is 2.35. The van der Waals surface area contributed by atoms with Crippen molar-refractivity contribution in [2.45, 2.75) is 12.5 Å². The van der Waals surface area contributed by atoms with Crippen molar-refractivity contribution in [2.24, 2.45) is 5.73 Å². The molecule has 0 bridgehead atoms. The summed E-state index contributed by atoms with van der Waals surface area (Å²) in [5, 5.41) is 13.1. The van der Waals surface area contributed by atoms with E-state index in [0.717, 1.165) is 12.1 Å². The molecule has 1 atom stereocenters. The number of anilines is 1. The zero-order valence-corrected chi connectivity index (χ0v) is 10.8. The van der Waals surface area contributed by atoms with Gasteiger partial charge in [0.05, 0.1) is 6.42 Å². The average molecular weight is 304 g/mol. The summed E-state index contributed by atoms with van der Waals surface area (Å²) in [7, 11) is 0. The van der Waals surface area contributed by atoms with E-state index in [0.29, 0.717) is 0 Å². The first-order chi connectivity index (χ1) is 9.27. The van der Waals surface area contributed by atoms with Crippen LogP contribution in [0.3, 0.4) is 0 Å². The number of amides is 3. The van der Waals surface area contributed by atoms with E-state index in [4.69, 9.17) is 22.4 Å². The molecular weight excluding hydrogens is 293 g/mol. The highest BCUT2D eigenvalue weighted by atomic mass is 35.5. The number of hydrogen-bond acceptors (Lipinski definition) is 3. The van der Waals surface area contributed by atoms with Crippen molar-refractivity contribution >= 4 is 35.2 Å². The van der Waals surface area contributed by atoms with Gasteiger partial charge in [-0.25, -0.2) is 14.0 Å². The molecule has 7 nitrogen and oxygen atoms in total. The number of nitrogens with two attached hydrogens (primary N) is 1. The number of carboxylic acid groups (broad SMARTS) is 1. The third-order valence-electron chi connectivity index (χ3n) is 2.13. The van der Waals surface area contributed by atoms with Crippen LogP contribution < -0.4 is 16.4 Å². The predicted octanol–water partition coefficient (Wildman–Crippen LogP) is 0.929. The van der Waals surface area contributed by atoms with Gasteiger partial charge >= 0.3 is 12.0 Å². The van der Waals surface area contributed by atoms with E-state index in [1.165, 1.54) is 6.07 Å². The number of nitrogens with one attached hydrogen (secondary N) is 2. The largest absolute Gasteiger partial charge is 0.480 e. The standard InChI is InChI=1S/C11H11ClFN3O4/c12-5-1-6(13)3-7(2-5)15-11(20)16-8(10(18)19)4-9(14)17/h1-3,8H,4H2,(H2,14,17)(H,18,19)(H2,15,16,20). The van der Waals surface area contributed by atoms with Crippen LogP contribution in [0.5, 0.6) is 0 Å². The van der Waals surface area contributed by atoms with Gasteiger partial charge in [0.2, 0.25) is 5.91 Å². The summed E-state index contributed by atoms with van der Waals surface area (Å²) in [6.45, 7) is 0. The lowest BCUT2D eigenvalue weighted by atomic mass is 10.2. The van der Waals surface area contributed by atoms with Gasteiger partial charge in [-0.2, -0.15) is 0 Å². The molecule has 108 valence electrons. The maximum absolute atomic E-state index is 13.0. The van der Waals surface area contributed by atoms with Gasteiger partial charge in [-0.05, 0) is 18.2 Å². The van der Waals surface area contributed by atoms with E-state index in [1.54, 1.807) is 0 Å². The van der Waals surface area contributed by atoms with E-state index in [1.807, 2.05) is 5.32 Å². The van der Waals surface area contributed by atoms with Crippen LogP contribution in [0.2, 0.25) is 5.02 Å². The number of benzene rings is 1. The Morgan fingerprint density at radius 3 is 2.50 bits per heavy atom. The normalized spacial score (nSPS) is 11.5. The molecule has 1 aromatic carbocycles. The predicted molar refractivity (Wildman–Crippen MR) is 68.8 cm³/mol. The van der Waals surface area contributed by atoms with Crippen LogP contribution in [0.25, 0.3) is 0 Å². The molecule has 1 unspecified atom stereocenters. The first-order valence-corrected chi connectivity index (χ1v) is 5.70. The van der Waals surface area contributed by atoms with Crippen LogP contribution in [0.1, 0.15) is 6.42 Å². The van der Waals surface area contributed by atoms with Gasteiger partial charge in [0.15, 0.2) is 0 Å². The quantitative estimate of drug-likeness (QED) is 0.646. The molecule has 9 heteroatoms. The van der Waals surface area contributed by atoms with Gasteiger partial charge in [-0.15, -0.1) is 0 Å². The molecule has 0 heterocycles. The Balaban J connectivity index is 2.70. The lowest BCUT2D eigenvalue weighted by molar-refractivity contribution is -0.140. The molecule has 0 aliphatic rings. The van der Waals surface area contributed by atoms with Gasteiger partial charge in [0, 0.05) is 10.7 Å².